The Balaban J connectivity index is 1.21. The summed E-state index contributed by atoms with van der Waals surface area (Å²) in [6.45, 7) is 4.16. The van der Waals surface area contributed by atoms with Gasteiger partial charge >= 0.3 is 6.03 Å². The minimum Gasteiger partial charge on any atom is -0.439 e. The quantitative estimate of drug-likeness (QED) is 0.366. The summed E-state index contributed by atoms with van der Waals surface area (Å²) in [5, 5.41) is 3.79. The monoisotopic (exact) mass is 534 g/mol. The molecule has 2 aromatic carbocycles. The number of ether oxygens (including phenoxy) is 1. The van der Waals surface area contributed by atoms with Gasteiger partial charge < -0.3 is 10.1 Å². The molecule has 1 fully saturated rings. The summed E-state index contributed by atoms with van der Waals surface area (Å²) in [5.41, 5.74) is 3.40. The third-order valence-corrected chi connectivity index (χ3v) is 7.19. The fourth-order valence-electron chi connectivity index (χ4n) is 4.65. The van der Waals surface area contributed by atoms with E-state index in [1.165, 1.54) is 12.6 Å². The van der Waals surface area contributed by atoms with Gasteiger partial charge in [-0.2, -0.15) is 0 Å². The highest BCUT2D eigenvalue weighted by atomic mass is 32.2. The molecular formula is C27H30N6O4S. The molecule has 0 radical (unpaired) electrons. The molecule has 1 amide bonds. The summed E-state index contributed by atoms with van der Waals surface area (Å²) in [4.78, 5) is 23.7. The number of amides is 1. The number of carbonyl (C=O) groups is 1. The van der Waals surface area contributed by atoms with Crippen molar-refractivity contribution in [2.75, 3.05) is 24.7 Å². The first kappa shape index (κ1) is 25.8. The van der Waals surface area contributed by atoms with E-state index in [4.69, 9.17) is 4.74 Å². The summed E-state index contributed by atoms with van der Waals surface area (Å²) in [7, 11) is -3.19. The molecular weight excluding hydrogens is 504 g/mol. The Kier molecular flexibility index (Phi) is 7.41. The number of hydrogen-bond acceptors (Lipinski definition) is 7. The second kappa shape index (κ2) is 10.9. The van der Waals surface area contributed by atoms with Crippen molar-refractivity contribution < 1.29 is 17.9 Å². The lowest BCUT2D eigenvalue weighted by Gasteiger charge is -2.31. The first-order valence-electron chi connectivity index (χ1n) is 12.4. The Morgan fingerprint density at radius 1 is 1.08 bits per heavy atom. The van der Waals surface area contributed by atoms with Crippen LogP contribution >= 0.6 is 0 Å². The van der Waals surface area contributed by atoms with Crippen LogP contribution in [0.2, 0.25) is 0 Å². The Morgan fingerprint density at radius 3 is 2.66 bits per heavy atom. The lowest BCUT2D eigenvalue weighted by molar-refractivity contribution is 0.197. The van der Waals surface area contributed by atoms with Gasteiger partial charge in [0.15, 0.2) is 0 Å². The molecule has 0 bridgehead atoms. The molecule has 0 atom stereocenters. The number of nitrogens with one attached hydrogen (secondary N) is 2. The normalized spacial score (nSPS) is 15.0. The van der Waals surface area contributed by atoms with Gasteiger partial charge in [-0.05, 0) is 61.7 Å². The molecule has 2 aromatic heterocycles. The molecule has 0 aliphatic carbocycles. The second-order valence-electron chi connectivity index (χ2n) is 9.60. The van der Waals surface area contributed by atoms with Crippen molar-refractivity contribution in [1.82, 2.24) is 24.2 Å². The topological polar surface area (TPSA) is 118 Å². The van der Waals surface area contributed by atoms with Crippen LogP contribution in [0.3, 0.4) is 0 Å². The van der Waals surface area contributed by atoms with Crippen LogP contribution in [0, 0.1) is 6.92 Å². The van der Waals surface area contributed by atoms with Crippen LogP contribution in [0.4, 0.5) is 10.5 Å². The summed E-state index contributed by atoms with van der Waals surface area (Å²) < 4.78 is 33.2. The molecule has 4 aromatic rings. The lowest BCUT2D eigenvalue weighted by Crippen LogP contribution is -2.44. The molecule has 2 N–H and O–H groups in total. The van der Waals surface area contributed by atoms with E-state index in [0.717, 1.165) is 53.8 Å². The Morgan fingerprint density at radius 2 is 1.89 bits per heavy atom. The summed E-state index contributed by atoms with van der Waals surface area (Å²) >= 11 is 0. The number of benzene rings is 2. The molecule has 1 aliphatic rings. The maximum atomic E-state index is 12.8. The zero-order valence-electron chi connectivity index (χ0n) is 21.3. The van der Waals surface area contributed by atoms with E-state index in [1.54, 1.807) is 16.8 Å². The minimum atomic E-state index is -3.19. The highest BCUT2D eigenvalue weighted by Gasteiger charge is 2.22. The second-order valence-corrected chi connectivity index (χ2v) is 11.4. The summed E-state index contributed by atoms with van der Waals surface area (Å²) in [5.74, 6) is 1.03. The molecule has 5 rings (SSSR count). The third kappa shape index (κ3) is 6.55. The minimum absolute atomic E-state index is 0.0241. The molecule has 38 heavy (non-hydrogen) atoms. The molecule has 198 valence electrons. The highest BCUT2D eigenvalue weighted by molar-refractivity contribution is 7.88. The molecule has 1 aliphatic heterocycles. The van der Waals surface area contributed by atoms with Gasteiger partial charge in [-0.15, -0.1) is 0 Å². The van der Waals surface area contributed by atoms with Crippen molar-refractivity contribution in [1.29, 1.82) is 0 Å². The first-order valence-corrected chi connectivity index (χ1v) is 14.3. The van der Waals surface area contributed by atoms with E-state index in [9.17, 15) is 13.2 Å². The van der Waals surface area contributed by atoms with E-state index < -0.39 is 10.0 Å². The van der Waals surface area contributed by atoms with Gasteiger partial charge in [0.05, 0.1) is 17.5 Å². The van der Waals surface area contributed by atoms with Gasteiger partial charge in [-0.1, -0.05) is 12.1 Å². The van der Waals surface area contributed by atoms with E-state index in [-0.39, 0.29) is 12.1 Å². The van der Waals surface area contributed by atoms with Crippen molar-refractivity contribution in [2.45, 2.75) is 32.4 Å². The summed E-state index contributed by atoms with van der Waals surface area (Å²) in [6.07, 6.45) is 5.91. The van der Waals surface area contributed by atoms with E-state index in [1.807, 2.05) is 55.5 Å². The number of nitrogens with zero attached hydrogens (tertiary/aromatic N) is 4. The van der Waals surface area contributed by atoms with Gasteiger partial charge in [-0.3, -0.25) is 9.47 Å². The third-order valence-electron chi connectivity index (χ3n) is 6.42. The van der Waals surface area contributed by atoms with Crippen molar-refractivity contribution in [3.63, 3.8) is 0 Å². The van der Waals surface area contributed by atoms with Crippen molar-refractivity contribution in [3.05, 3.63) is 78.4 Å². The average molecular weight is 535 g/mol. The van der Waals surface area contributed by atoms with Gasteiger partial charge in [0.25, 0.3) is 0 Å². The van der Waals surface area contributed by atoms with Crippen molar-refractivity contribution >= 4 is 32.6 Å². The maximum Gasteiger partial charge on any atom is 0.330 e. The zero-order valence-corrected chi connectivity index (χ0v) is 22.1. The zero-order chi connectivity index (χ0) is 26.7. The number of carbonyl (C=O) groups excluding carboxylic acids is 1. The van der Waals surface area contributed by atoms with Crippen molar-refractivity contribution in [2.24, 2.45) is 0 Å². The average Bonchev–Trinajstić information content (AvgIpc) is 3.28. The highest BCUT2D eigenvalue weighted by Crippen LogP contribution is 2.26. The number of anilines is 1. The number of sulfonamides is 1. The van der Waals surface area contributed by atoms with Crippen LogP contribution in [0.5, 0.6) is 11.6 Å². The van der Waals surface area contributed by atoms with Gasteiger partial charge in [-0.25, -0.2) is 27.9 Å². The number of fused-ring (bicyclic) bond motifs is 1. The van der Waals surface area contributed by atoms with Crippen LogP contribution in [-0.4, -0.2) is 59.3 Å². The molecule has 3 heterocycles. The fourth-order valence-corrected chi connectivity index (χ4v) is 5.49. The number of likely N-dealkylation sites (tertiary alicyclic amines) is 1. The van der Waals surface area contributed by atoms with Gasteiger partial charge in [0.2, 0.25) is 15.9 Å². The van der Waals surface area contributed by atoms with Crippen molar-refractivity contribution in [3.8, 4) is 11.6 Å². The molecule has 0 saturated carbocycles. The van der Waals surface area contributed by atoms with Gasteiger partial charge in [0, 0.05) is 49.0 Å². The first-order chi connectivity index (χ1) is 18.2. The fraction of sp³-hybridized carbons (Fsp3) is 0.296. The SMILES string of the molecule is Cc1cccc(NC(=O)n2ccc3cc(Oc4cc(CN5CCC(NS(C)(=O)=O)CC5)ncn4)ccc32)c1. The number of aryl methyl sites for hydroxylation is 1. The Bertz CT molecular complexity index is 1560. The van der Waals surface area contributed by atoms with Crippen LogP contribution < -0.4 is 14.8 Å². The molecule has 0 unspecified atom stereocenters. The van der Waals surface area contributed by atoms with Crippen LogP contribution in [0.15, 0.2) is 67.1 Å². The smallest absolute Gasteiger partial charge is 0.330 e. The number of rotatable bonds is 7. The predicted molar refractivity (Wildman–Crippen MR) is 146 cm³/mol. The molecule has 0 spiro atoms. The molecule has 11 heteroatoms. The van der Waals surface area contributed by atoms with E-state index >= 15 is 0 Å². The van der Waals surface area contributed by atoms with Crippen LogP contribution in [0.25, 0.3) is 10.9 Å². The largest absolute Gasteiger partial charge is 0.439 e. The predicted octanol–water partition coefficient (Wildman–Crippen LogP) is 4.13. The maximum absolute atomic E-state index is 12.8. The number of aromatic nitrogens is 3. The van der Waals surface area contributed by atoms with Gasteiger partial charge in [0.1, 0.15) is 12.1 Å². The van der Waals surface area contributed by atoms with Crippen LogP contribution in [-0.2, 0) is 16.6 Å². The Hall–Kier alpha value is -3.80. The van der Waals surface area contributed by atoms with Crippen LogP contribution in [0.1, 0.15) is 24.1 Å². The molecule has 1 saturated heterocycles. The summed E-state index contributed by atoms with van der Waals surface area (Å²) in [6, 6.07) is 16.6. The van der Waals surface area contributed by atoms with E-state index in [0.29, 0.717) is 18.2 Å². The standard InChI is InChI=1S/C27H30N6O4S/c1-19-4-3-5-22(14-19)30-27(34)33-13-8-20-15-24(6-7-25(20)33)37-26-16-23(28-18-29-26)17-32-11-9-21(10-12-32)31-38(2,35)36/h3-8,13-16,18,21,31H,9-12,17H2,1-2H3,(H,30,34). The molecule has 10 nitrogen and oxygen atoms in total. The van der Waals surface area contributed by atoms with E-state index in [2.05, 4.69) is 24.9 Å². The number of hydrogen-bond donors (Lipinski definition) is 2. The Labute approximate surface area is 221 Å². The lowest BCUT2D eigenvalue weighted by atomic mass is 10.1. The number of piperidine rings is 1.